The molecule has 10 heteroatoms. The number of fused-ring (bicyclic) bond motifs is 1. The zero-order valence-corrected chi connectivity index (χ0v) is 22.6. The first kappa shape index (κ1) is 26.2. The number of tetrazole rings is 1. The van der Waals surface area contributed by atoms with E-state index >= 15 is 0 Å². The lowest BCUT2D eigenvalue weighted by Crippen LogP contribution is -2.30. The van der Waals surface area contributed by atoms with Gasteiger partial charge in [0.2, 0.25) is 0 Å². The largest absolute Gasteiger partial charge is 0.493 e. The summed E-state index contributed by atoms with van der Waals surface area (Å²) in [6.45, 7) is 6.04. The molecular weight excluding hydrogens is 496 g/mol. The number of nitrogens with one attached hydrogen (secondary N) is 1. The molecule has 0 saturated heterocycles. The zero-order chi connectivity index (χ0) is 27.4. The second-order valence-electron chi connectivity index (χ2n) is 9.65. The van der Waals surface area contributed by atoms with Gasteiger partial charge in [-0.2, -0.15) is 0 Å². The van der Waals surface area contributed by atoms with Crippen molar-refractivity contribution in [1.82, 2.24) is 30.1 Å². The topological polar surface area (TPSA) is 111 Å². The second kappa shape index (κ2) is 11.5. The van der Waals surface area contributed by atoms with Crippen LogP contribution in [0, 0.1) is 13.8 Å². The van der Waals surface area contributed by atoms with E-state index in [1.54, 1.807) is 25.2 Å². The van der Waals surface area contributed by atoms with Gasteiger partial charge in [0.05, 0.1) is 32.5 Å². The molecule has 0 aliphatic heterocycles. The lowest BCUT2D eigenvalue weighted by molar-refractivity contribution is 0.247. The first-order valence-corrected chi connectivity index (χ1v) is 12.8. The van der Waals surface area contributed by atoms with Crippen LogP contribution in [0.4, 0.5) is 0 Å². The van der Waals surface area contributed by atoms with Gasteiger partial charge in [0.25, 0.3) is 5.56 Å². The molecule has 1 N–H and O–H groups in total. The van der Waals surface area contributed by atoms with E-state index in [-0.39, 0.29) is 5.56 Å². The Morgan fingerprint density at radius 3 is 2.64 bits per heavy atom. The van der Waals surface area contributed by atoms with E-state index in [2.05, 4.69) is 44.5 Å². The van der Waals surface area contributed by atoms with Gasteiger partial charge in [-0.25, -0.2) is 4.68 Å². The fraction of sp³-hybridized carbons (Fsp3) is 0.310. The van der Waals surface area contributed by atoms with Crippen molar-refractivity contribution in [1.29, 1.82) is 0 Å². The van der Waals surface area contributed by atoms with Crippen LogP contribution in [-0.4, -0.2) is 50.9 Å². The molecule has 0 fully saturated rings. The van der Waals surface area contributed by atoms with Gasteiger partial charge in [0.1, 0.15) is 12.3 Å². The van der Waals surface area contributed by atoms with E-state index in [1.165, 1.54) is 0 Å². The summed E-state index contributed by atoms with van der Waals surface area (Å²) >= 11 is 0. The number of hydrogen-bond acceptors (Lipinski definition) is 8. The van der Waals surface area contributed by atoms with Crippen LogP contribution in [0.3, 0.4) is 0 Å². The summed E-state index contributed by atoms with van der Waals surface area (Å²) in [4.78, 5) is 18.4. The third-order valence-electron chi connectivity index (χ3n) is 6.79. The first-order valence-electron chi connectivity index (χ1n) is 12.8. The number of aryl methyl sites for hydroxylation is 2. The summed E-state index contributed by atoms with van der Waals surface area (Å²) in [5, 5.41) is 13.3. The molecule has 0 radical (unpaired) electrons. The highest BCUT2D eigenvalue weighted by Crippen LogP contribution is 2.28. The molecule has 3 aromatic heterocycles. The fourth-order valence-corrected chi connectivity index (χ4v) is 4.84. The number of aromatic nitrogens is 5. The molecule has 0 unspecified atom stereocenters. The van der Waals surface area contributed by atoms with E-state index < -0.39 is 0 Å². The predicted octanol–water partition coefficient (Wildman–Crippen LogP) is 4.03. The molecule has 0 saturated carbocycles. The Hall–Kier alpha value is -4.44. The molecule has 0 spiro atoms. The van der Waals surface area contributed by atoms with Crippen molar-refractivity contribution in [2.45, 2.75) is 39.9 Å². The fourth-order valence-electron chi connectivity index (χ4n) is 4.84. The number of methoxy groups -OCH3 is 2. The second-order valence-corrected chi connectivity index (χ2v) is 9.65. The molecule has 5 rings (SSSR count). The monoisotopic (exact) mass is 528 g/mol. The van der Waals surface area contributed by atoms with Crippen molar-refractivity contribution >= 4 is 10.9 Å². The quantitative estimate of drug-likeness (QED) is 0.274. The zero-order valence-electron chi connectivity index (χ0n) is 22.6. The van der Waals surface area contributed by atoms with Gasteiger partial charge in [0.15, 0.2) is 17.3 Å². The molecular formula is C29H32N6O4. The lowest BCUT2D eigenvalue weighted by atomic mass is 10.0. The Morgan fingerprint density at radius 1 is 1.03 bits per heavy atom. The minimum absolute atomic E-state index is 0.0965. The molecule has 0 atom stereocenters. The molecule has 10 nitrogen and oxygen atoms in total. The Labute approximate surface area is 226 Å². The molecule has 5 aromatic rings. The highest BCUT2D eigenvalue weighted by molar-refractivity contribution is 5.82. The van der Waals surface area contributed by atoms with Crippen molar-refractivity contribution in [2.24, 2.45) is 0 Å². The SMILES string of the molecule is COc1ccc(CCN(Cc2cc3cc(C)cc(C)c3[nH]c2=O)Cc2nnnn2Cc2ccco2)cc1OC. The molecule has 0 bridgehead atoms. The van der Waals surface area contributed by atoms with E-state index in [0.29, 0.717) is 49.1 Å². The predicted molar refractivity (Wildman–Crippen MR) is 147 cm³/mol. The van der Waals surface area contributed by atoms with Crippen LogP contribution in [0.1, 0.15) is 33.8 Å². The van der Waals surface area contributed by atoms with Gasteiger partial charge < -0.3 is 18.9 Å². The summed E-state index contributed by atoms with van der Waals surface area (Å²) in [5.74, 6) is 2.81. The van der Waals surface area contributed by atoms with Gasteiger partial charge >= 0.3 is 0 Å². The van der Waals surface area contributed by atoms with Gasteiger partial charge in [-0.1, -0.05) is 17.7 Å². The molecule has 39 heavy (non-hydrogen) atoms. The van der Waals surface area contributed by atoms with Crippen molar-refractivity contribution in [2.75, 3.05) is 20.8 Å². The third kappa shape index (κ3) is 6.01. The van der Waals surface area contributed by atoms with Crippen LogP contribution >= 0.6 is 0 Å². The van der Waals surface area contributed by atoms with Crippen molar-refractivity contribution in [3.05, 3.63) is 99.0 Å². The number of H-pyrrole nitrogens is 1. The van der Waals surface area contributed by atoms with Crippen LogP contribution in [0.2, 0.25) is 0 Å². The van der Waals surface area contributed by atoms with Crippen molar-refractivity contribution in [3.8, 4) is 11.5 Å². The average molecular weight is 529 g/mol. The van der Waals surface area contributed by atoms with Crippen molar-refractivity contribution < 1.29 is 13.9 Å². The summed E-state index contributed by atoms with van der Waals surface area (Å²) in [7, 11) is 3.25. The third-order valence-corrected chi connectivity index (χ3v) is 6.79. The molecule has 0 amide bonds. The summed E-state index contributed by atoms with van der Waals surface area (Å²) in [6, 6.07) is 15.8. The number of rotatable bonds is 11. The smallest absolute Gasteiger partial charge is 0.252 e. The maximum absolute atomic E-state index is 13.1. The maximum Gasteiger partial charge on any atom is 0.252 e. The van der Waals surface area contributed by atoms with E-state index in [0.717, 1.165) is 39.8 Å². The molecule has 202 valence electrons. The van der Waals surface area contributed by atoms with Crippen molar-refractivity contribution in [3.63, 3.8) is 0 Å². The van der Waals surface area contributed by atoms with E-state index in [9.17, 15) is 4.79 Å². The number of ether oxygens (including phenoxy) is 2. The Bertz CT molecular complexity index is 1620. The summed E-state index contributed by atoms with van der Waals surface area (Å²) < 4.78 is 18.1. The first-order chi connectivity index (χ1) is 18.9. The molecule has 3 heterocycles. The standard InChI is InChI=1S/C29H32N6O4/c1-19-12-20(2)28-22(13-19)15-23(29(36)30-28)16-34(10-9-21-7-8-25(37-3)26(14-21)38-4)18-27-31-32-33-35(27)17-24-6-5-11-39-24/h5-8,11-15H,9-10,16-18H2,1-4H3,(H,30,36). The van der Waals surface area contributed by atoms with Gasteiger partial charge in [-0.15, -0.1) is 5.10 Å². The van der Waals surface area contributed by atoms with Gasteiger partial charge in [0, 0.05) is 18.7 Å². The highest BCUT2D eigenvalue weighted by atomic mass is 16.5. The van der Waals surface area contributed by atoms with Crippen LogP contribution in [-0.2, 0) is 26.1 Å². The normalized spacial score (nSPS) is 11.4. The average Bonchev–Trinajstić information content (AvgIpc) is 3.60. The minimum atomic E-state index is -0.0965. The van der Waals surface area contributed by atoms with Crippen LogP contribution in [0.25, 0.3) is 10.9 Å². The number of furan rings is 1. The van der Waals surface area contributed by atoms with Gasteiger partial charge in [-0.05, 0) is 83.6 Å². The highest BCUT2D eigenvalue weighted by Gasteiger charge is 2.17. The number of hydrogen-bond donors (Lipinski definition) is 1. The number of aromatic amines is 1. The number of benzene rings is 2. The molecule has 0 aliphatic carbocycles. The lowest BCUT2D eigenvalue weighted by Gasteiger charge is -2.22. The van der Waals surface area contributed by atoms with Gasteiger partial charge in [-0.3, -0.25) is 9.69 Å². The summed E-state index contributed by atoms with van der Waals surface area (Å²) in [6.07, 6.45) is 2.36. The molecule has 0 aliphatic rings. The van der Waals surface area contributed by atoms with Crippen LogP contribution in [0.5, 0.6) is 11.5 Å². The summed E-state index contributed by atoms with van der Waals surface area (Å²) in [5.41, 5.74) is 4.75. The minimum Gasteiger partial charge on any atom is -0.493 e. The Morgan fingerprint density at radius 2 is 1.87 bits per heavy atom. The number of nitrogens with zero attached hydrogens (tertiary/aromatic N) is 5. The van der Waals surface area contributed by atoms with E-state index in [4.69, 9.17) is 13.9 Å². The molecule has 2 aromatic carbocycles. The maximum atomic E-state index is 13.1. The Balaban J connectivity index is 1.43. The Kier molecular flexibility index (Phi) is 7.74. The number of pyridine rings is 1. The van der Waals surface area contributed by atoms with Crippen LogP contribution < -0.4 is 15.0 Å². The van der Waals surface area contributed by atoms with Crippen LogP contribution in [0.15, 0.2) is 64.0 Å². The van der Waals surface area contributed by atoms with E-state index in [1.807, 2.05) is 43.3 Å².